The van der Waals surface area contributed by atoms with Crippen LogP contribution >= 0.6 is 0 Å². The van der Waals surface area contributed by atoms with Gasteiger partial charge in [0.1, 0.15) is 5.82 Å². The average Bonchev–Trinajstić information content (AvgIpc) is 3.34. The van der Waals surface area contributed by atoms with Gasteiger partial charge in [0.05, 0.1) is 11.3 Å². The molecule has 7 heteroatoms. The summed E-state index contributed by atoms with van der Waals surface area (Å²) in [7, 11) is 0. The number of hydrogen-bond donors (Lipinski definition) is 1. The standard InChI is InChI=1S/C16H16N6O/c1-2-11(1)15-21-16(23-22-15)12-3-4-14(20-9-12)19-6-5-13-10-17-7-8-18-13/h3-4,7-11H,1-2,5-6H2,(H,19,20). The molecule has 116 valence electrons. The van der Waals surface area contributed by atoms with E-state index in [1.54, 1.807) is 24.8 Å². The van der Waals surface area contributed by atoms with Crippen molar-refractivity contribution in [1.29, 1.82) is 0 Å². The van der Waals surface area contributed by atoms with Gasteiger partial charge in [-0.05, 0) is 25.0 Å². The number of nitrogens with one attached hydrogen (secondary N) is 1. The Labute approximate surface area is 133 Å². The number of anilines is 1. The summed E-state index contributed by atoms with van der Waals surface area (Å²) >= 11 is 0. The van der Waals surface area contributed by atoms with Crippen molar-refractivity contribution in [3.05, 3.63) is 48.4 Å². The molecule has 0 amide bonds. The third-order valence-electron chi connectivity index (χ3n) is 3.70. The molecular weight excluding hydrogens is 292 g/mol. The molecule has 1 aliphatic rings. The fraction of sp³-hybridized carbons (Fsp3) is 0.312. The van der Waals surface area contributed by atoms with E-state index in [2.05, 4.69) is 30.4 Å². The second kappa shape index (κ2) is 6.12. The molecule has 23 heavy (non-hydrogen) atoms. The molecular formula is C16H16N6O. The maximum absolute atomic E-state index is 5.29. The zero-order valence-electron chi connectivity index (χ0n) is 12.5. The maximum atomic E-state index is 5.29. The molecule has 0 aliphatic heterocycles. The van der Waals surface area contributed by atoms with Crippen molar-refractivity contribution in [2.45, 2.75) is 25.2 Å². The van der Waals surface area contributed by atoms with Crippen LogP contribution in [0.4, 0.5) is 5.82 Å². The van der Waals surface area contributed by atoms with Gasteiger partial charge in [0, 0.05) is 43.7 Å². The smallest absolute Gasteiger partial charge is 0.259 e. The van der Waals surface area contributed by atoms with E-state index in [0.717, 1.165) is 48.7 Å². The first-order chi connectivity index (χ1) is 11.4. The number of pyridine rings is 1. The van der Waals surface area contributed by atoms with Crippen LogP contribution in [-0.2, 0) is 6.42 Å². The Morgan fingerprint density at radius 2 is 2.09 bits per heavy atom. The quantitative estimate of drug-likeness (QED) is 0.748. The fourth-order valence-corrected chi connectivity index (χ4v) is 2.26. The monoisotopic (exact) mass is 308 g/mol. The minimum absolute atomic E-state index is 0.488. The lowest BCUT2D eigenvalue weighted by Crippen LogP contribution is -2.07. The lowest BCUT2D eigenvalue weighted by molar-refractivity contribution is 0.422. The molecule has 1 saturated carbocycles. The first-order valence-corrected chi connectivity index (χ1v) is 7.67. The van der Waals surface area contributed by atoms with E-state index in [1.165, 1.54) is 0 Å². The van der Waals surface area contributed by atoms with Crippen LogP contribution in [0.5, 0.6) is 0 Å². The summed E-state index contributed by atoms with van der Waals surface area (Å²) < 4.78 is 5.29. The van der Waals surface area contributed by atoms with Gasteiger partial charge in [-0.1, -0.05) is 5.16 Å². The molecule has 0 radical (unpaired) electrons. The van der Waals surface area contributed by atoms with Crippen LogP contribution in [0.15, 0.2) is 41.4 Å². The van der Waals surface area contributed by atoms with E-state index >= 15 is 0 Å². The summed E-state index contributed by atoms with van der Waals surface area (Å²) in [6.45, 7) is 0.747. The highest BCUT2D eigenvalue weighted by Gasteiger charge is 2.28. The highest BCUT2D eigenvalue weighted by atomic mass is 16.5. The third-order valence-corrected chi connectivity index (χ3v) is 3.70. The predicted molar refractivity (Wildman–Crippen MR) is 83.7 cm³/mol. The average molecular weight is 308 g/mol. The molecule has 3 aromatic heterocycles. The lowest BCUT2D eigenvalue weighted by atomic mass is 10.2. The topological polar surface area (TPSA) is 89.6 Å². The lowest BCUT2D eigenvalue weighted by Gasteiger charge is -2.05. The number of rotatable bonds is 6. The Hall–Kier alpha value is -2.83. The highest BCUT2D eigenvalue weighted by molar-refractivity contribution is 5.54. The molecule has 1 fully saturated rings. The summed E-state index contributed by atoms with van der Waals surface area (Å²) in [6, 6.07) is 3.84. The molecule has 0 unspecified atom stereocenters. The van der Waals surface area contributed by atoms with Crippen LogP contribution in [-0.4, -0.2) is 31.6 Å². The van der Waals surface area contributed by atoms with Crippen LogP contribution in [0.1, 0.15) is 30.3 Å². The van der Waals surface area contributed by atoms with Crippen LogP contribution in [0, 0.1) is 0 Å². The zero-order chi connectivity index (χ0) is 15.5. The Kier molecular flexibility index (Phi) is 3.67. The largest absolute Gasteiger partial charge is 0.370 e. The van der Waals surface area contributed by atoms with Gasteiger partial charge in [-0.25, -0.2) is 4.98 Å². The zero-order valence-corrected chi connectivity index (χ0v) is 12.5. The van der Waals surface area contributed by atoms with E-state index in [0.29, 0.717) is 11.8 Å². The van der Waals surface area contributed by atoms with Gasteiger partial charge < -0.3 is 9.84 Å². The summed E-state index contributed by atoms with van der Waals surface area (Å²) in [5, 5.41) is 7.28. The molecule has 1 aliphatic carbocycles. The van der Waals surface area contributed by atoms with Gasteiger partial charge in [0.15, 0.2) is 5.82 Å². The summed E-state index contributed by atoms with van der Waals surface area (Å²) in [4.78, 5) is 17.1. The summed E-state index contributed by atoms with van der Waals surface area (Å²) in [5.41, 5.74) is 1.79. The van der Waals surface area contributed by atoms with Crippen molar-refractivity contribution >= 4 is 5.82 Å². The van der Waals surface area contributed by atoms with E-state index in [4.69, 9.17) is 4.52 Å². The molecule has 1 N–H and O–H groups in total. The van der Waals surface area contributed by atoms with Crippen LogP contribution in [0.25, 0.3) is 11.5 Å². The minimum Gasteiger partial charge on any atom is -0.370 e. The molecule has 3 heterocycles. The van der Waals surface area contributed by atoms with Crippen molar-refractivity contribution in [3.8, 4) is 11.5 Å². The third kappa shape index (κ3) is 3.33. The number of hydrogen-bond acceptors (Lipinski definition) is 7. The first kappa shape index (κ1) is 13.8. The molecule has 0 atom stereocenters. The minimum atomic E-state index is 0.488. The van der Waals surface area contributed by atoms with Gasteiger partial charge in [-0.2, -0.15) is 4.98 Å². The number of aromatic nitrogens is 5. The van der Waals surface area contributed by atoms with Crippen LogP contribution in [0.3, 0.4) is 0 Å². The van der Waals surface area contributed by atoms with Gasteiger partial charge >= 0.3 is 0 Å². The van der Waals surface area contributed by atoms with Gasteiger partial charge in [0.2, 0.25) is 0 Å². The molecule has 7 nitrogen and oxygen atoms in total. The fourth-order valence-electron chi connectivity index (χ4n) is 2.26. The second-order valence-corrected chi connectivity index (χ2v) is 5.54. The van der Waals surface area contributed by atoms with Crippen LogP contribution < -0.4 is 5.32 Å². The Balaban J connectivity index is 1.35. The second-order valence-electron chi connectivity index (χ2n) is 5.54. The van der Waals surface area contributed by atoms with Gasteiger partial charge in [-0.15, -0.1) is 0 Å². The van der Waals surface area contributed by atoms with Crippen molar-refractivity contribution in [2.75, 3.05) is 11.9 Å². The maximum Gasteiger partial charge on any atom is 0.259 e. The summed E-state index contributed by atoms with van der Waals surface area (Å²) in [5.74, 6) is 2.64. The van der Waals surface area contributed by atoms with Crippen molar-refractivity contribution in [2.24, 2.45) is 0 Å². The molecule has 3 aromatic rings. The van der Waals surface area contributed by atoms with Crippen LogP contribution in [0.2, 0.25) is 0 Å². The Morgan fingerprint density at radius 1 is 1.13 bits per heavy atom. The SMILES string of the molecule is c1cnc(CCNc2ccc(-c3nc(C4CC4)no3)cn2)cn1. The van der Waals surface area contributed by atoms with Crippen molar-refractivity contribution in [1.82, 2.24) is 25.1 Å². The molecule has 0 aromatic carbocycles. The highest BCUT2D eigenvalue weighted by Crippen LogP contribution is 2.38. The van der Waals surface area contributed by atoms with E-state index < -0.39 is 0 Å². The van der Waals surface area contributed by atoms with E-state index in [1.807, 2.05) is 12.1 Å². The Morgan fingerprint density at radius 3 is 2.83 bits per heavy atom. The molecule has 0 spiro atoms. The molecule has 0 saturated heterocycles. The normalized spacial score (nSPS) is 13.9. The molecule has 0 bridgehead atoms. The van der Waals surface area contributed by atoms with Gasteiger partial charge in [-0.3, -0.25) is 9.97 Å². The molecule has 4 rings (SSSR count). The number of nitrogens with zero attached hydrogens (tertiary/aromatic N) is 5. The van der Waals surface area contributed by atoms with E-state index in [9.17, 15) is 0 Å². The van der Waals surface area contributed by atoms with Crippen molar-refractivity contribution < 1.29 is 4.52 Å². The Bertz CT molecular complexity index is 767. The summed E-state index contributed by atoms with van der Waals surface area (Å²) in [6.07, 6.45) is 10.00. The van der Waals surface area contributed by atoms with Gasteiger partial charge in [0.25, 0.3) is 5.89 Å². The van der Waals surface area contributed by atoms with Crippen molar-refractivity contribution in [3.63, 3.8) is 0 Å². The van der Waals surface area contributed by atoms with E-state index in [-0.39, 0.29) is 0 Å². The predicted octanol–water partition coefficient (Wildman–Crippen LogP) is 2.45. The first-order valence-electron chi connectivity index (χ1n) is 7.67.